The molecule has 0 saturated heterocycles. The fraction of sp³-hybridized carbons (Fsp3) is 0.211. The second kappa shape index (κ2) is 7.49. The number of amides is 1. The van der Waals surface area contributed by atoms with Crippen molar-refractivity contribution in [1.82, 2.24) is 15.1 Å². The first-order valence-electron chi connectivity index (χ1n) is 8.12. The van der Waals surface area contributed by atoms with Gasteiger partial charge in [-0.1, -0.05) is 41.9 Å². The van der Waals surface area contributed by atoms with Crippen molar-refractivity contribution in [3.63, 3.8) is 0 Å². The van der Waals surface area contributed by atoms with Gasteiger partial charge in [0.15, 0.2) is 5.69 Å². The van der Waals surface area contributed by atoms with Crippen LogP contribution < -0.4 is 10.9 Å². The number of carbonyl (C=O) groups is 1. The van der Waals surface area contributed by atoms with Gasteiger partial charge in [-0.3, -0.25) is 9.59 Å². The Bertz CT molecular complexity index is 965. The second-order valence-electron chi connectivity index (χ2n) is 5.65. The number of fused-ring (bicyclic) bond motifs is 1. The van der Waals surface area contributed by atoms with Crippen LogP contribution in [-0.2, 0) is 13.0 Å². The van der Waals surface area contributed by atoms with Crippen LogP contribution in [0, 0.1) is 0 Å². The minimum atomic E-state index is -0.285. The number of aryl methyl sites for hydroxylation is 1. The van der Waals surface area contributed by atoms with E-state index < -0.39 is 0 Å². The van der Waals surface area contributed by atoms with Gasteiger partial charge in [0, 0.05) is 23.5 Å². The van der Waals surface area contributed by atoms with Gasteiger partial charge in [0.25, 0.3) is 11.5 Å². The van der Waals surface area contributed by atoms with Crippen LogP contribution >= 0.6 is 11.6 Å². The van der Waals surface area contributed by atoms with Gasteiger partial charge in [0.05, 0.1) is 5.39 Å². The summed E-state index contributed by atoms with van der Waals surface area (Å²) in [5.74, 6) is -0.285. The number of benzene rings is 2. The molecule has 1 amide bonds. The monoisotopic (exact) mass is 355 g/mol. The zero-order valence-corrected chi connectivity index (χ0v) is 14.6. The lowest BCUT2D eigenvalue weighted by molar-refractivity contribution is 0.0948. The Balaban J connectivity index is 1.81. The van der Waals surface area contributed by atoms with Gasteiger partial charge in [-0.2, -0.15) is 5.10 Å². The SMILES string of the molecule is CCn1nc(C(=O)NCCc2ccc(Cl)cc2)c2ccccc2c1=O. The molecule has 0 atom stereocenters. The molecule has 1 aromatic heterocycles. The Morgan fingerprint density at radius 2 is 1.80 bits per heavy atom. The lowest BCUT2D eigenvalue weighted by Crippen LogP contribution is -2.31. The van der Waals surface area contributed by atoms with Crippen molar-refractivity contribution in [2.75, 3.05) is 6.54 Å². The number of nitrogens with zero attached hydrogens (tertiary/aromatic N) is 2. The Labute approximate surface area is 150 Å². The molecule has 6 heteroatoms. The first kappa shape index (κ1) is 17.2. The van der Waals surface area contributed by atoms with Crippen molar-refractivity contribution >= 4 is 28.3 Å². The smallest absolute Gasteiger partial charge is 0.274 e. The van der Waals surface area contributed by atoms with Gasteiger partial charge < -0.3 is 5.32 Å². The van der Waals surface area contributed by atoms with E-state index in [0.29, 0.717) is 35.3 Å². The molecule has 0 spiro atoms. The van der Waals surface area contributed by atoms with Gasteiger partial charge >= 0.3 is 0 Å². The molecule has 2 aromatic carbocycles. The molecule has 3 aromatic rings. The van der Waals surface area contributed by atoms with Crippen molar-refractivity contribution in [1.29, 1.82) is 0 Å². The Morgan fingerprint density at radius 3 is 2.48 bits per heavy atom. The van der Waals surface area contributed by atoms with E-state index in [9.17, 15) is 9.59 Å². The third-order valence-electron chi connectivity index (χ3n) is 3.99. The van der Waals surface area contributed by atoms with E-state index >= 15 is 0 Å². The standard InChI is InChI=1S/C19H18ClN3O2/c1-2-23-19(25)16-6-4-3-5-15(16)17(22-23)18(24)21-12-11-13-7-9-14(20)10-8-13/h3-10H,2,11-12H2,1H3,(H,21,24). The summed E-state index contributed by atoms with van der Waals surface area (Å²) in [5.41, 5.74) is 1.17. The van der Waals surface area contributed by atoms with Crippen molar-refractivity contribution in [2.24, 2.45) is 0 Å². The van der Waals surface area contributed by atoms with Crippen LogP contribution in [0.4, 0.5) is 0 Å². The predicted molar refractivity (Wildman–Crippen MR) is 99.2 cm³/mol. The van der Waals surface area contributed by atoms with Crippen molar-refractivity contribution in [2.45, 2.75) is 19.9 Å². The topological polar surface area (TPSA) is 64.0 Å². The highest BCUT2D eigenvalue weighted by Gasteiger charge is 2.15. The fourth-order valence-electron chi connectivity index (χ4n) is 2.67. The number of carbonyl (C=O) groups excluding carboxylic acids is 1. The van der Waals surface area contributed by atoms with Crippen molar-refractivity contribution < 1.29 is 4.79 Å². The molecule has 0 aliphatic heterocycles. The summed E-state index contributed by atoms with van der Waals surface area (Å²) in [4.78, 5) is 24.9. The van der Waals surface area contributed by atoms with Gasteiger partial charge in [0.1, 0.15) is 0 Å². The van der Waals surface area contributed by atoms with E-state index in [1.807, 2.05) is 31.2 Å². The van der Waals surface area contributed by atoms with Gasteiger partial charge in [-0.25, -0.2) is 4.68 Å². The number of aromatic nitrogens is 2. The number of hydrogen-bond acceptors (Lipinski definition) is 3. The lowest BCUT2D eigenvalue weighted by atomic mass is 10.1. The molecule has 25 heavy (non-hydrogen) atoms. The van der Waals surface area contributed by atoms with Crippen LogP contribution in [0.15, 0.2) is 53.3 Å². The first-order chi connectivity index (χ1) is 12.1. The fourth-order valence-corrected chi connectivity index (χ4v) is 2.80. The zero-order valence-electron chi connectivity index (χ0n) is 13.8. The number of halogens is 1. The molecule has 0 aliphatic carbocycles. The Morgan fingerprint density at radius 1 is 1.12 bits per heavy atom. The summed E-state index contributed by atoms with van der Waals surface area (Å²) in [7, 11) is 0. The molecular formula is C19H18ClN3O2. The minimum Gasteiger partial charge on any atom is -0.350 e. The number of nitrogens with one attached hydrogen (secondary N) is 1. The summed E-state index contributed by atoms with van der Waals surface area (Å²) in [6.45, 7) is 2.71. The molecule has 0 unspecified atom stereocenters. The van der Waals surface area contributed by atoms with E-state index in [-0.39, 0.29) is 17.2 Å². The van der Waals surface area contributed by atoms with Crippen LogP contribution in [0.1, 0.15) is 23.0 Å². The summed E-state index contributed by atoms with van der Waals surface area (Å²) >= 11 is 5.87. The van der Waals surface area contributed by atoms with E-state index in [1.54, 1.807) is 24.3 Å². The van der Waals surface area contributed by atoms with Crippen LogP contribution in [0.5, 0.6) is 0 Å². The Hall–Kier alpha value is -2.66. The summed E-state index contributed by atoms with van der Waals surface area (Å²) in [5, 5.41) is 8.86. The largest absolute Gasteiger partial charge is 0.350 e. The normalized spacial score (nSPS) is 10.8. The van der Waals surface area contributed by atoms with Crippen LogP contribution in [0.2, 0.25) is 5.02 Å². The highest BCUT2D eigenvalue weighted by Crippen LogP contribution is 2.13. The third-order valence-corrected chi connectivity index (χ3v) is 4.25. The van der Waals surface area contributed by atoms with Crippen LogP contribution in [-0.4, -0.2) is 22.2 Å². The highest BCUT2D eigenvalue weighted by atomic mass is 35.5. The minimum absolute atomic E-state index is 0.184. The molecule has 0 fully saturated rings. The maximum atomic E-state index is 12.6. The highest BCUT2D eigenvalue weighted by molar-refractivity contribution is 6.30. The molecule has 0 bridgehead atoms. The average Bonchev–Trinajstić information content (AvgIpc) is 2.64. The molecule has 1 N–H and O–H groups in total. The zero-order chi connectivity index (χ0) is 17.8. The molecule has 1 heterocycles. The van der Waals surface area contributed by atoms with Gasteiger partial charge in [-0.15, -0.1) is 0 Å². The lowest BCUT2D eigenvalue weighted by Gasteiger charge is -2.10. The molecule has 3 rings (SSSR count). The molecule has 128 valence electrons. The van der Waals surface area contributed by atoms with Gasteiger partial charge in [0.2, 0.25) is 0 Å². The average molecular weight is 356 g/mol. The molecule has 0 aliphatic rings. The quantitative estimate of drug-likeness (QED) is 0.765. The number of hydrogen-bond donors (Lipinski definition) is 1. The first-order valence-corrected chi connectivity index (χ1v) is 8.50. The number of rotatable bonds is 5. The van der Waals surface area contributed by atoms with E-state index in [0.717, 1.165) is 5.56 Å². The third kappa shape index (κ3) is 3.72. The maximum absolute atomic E-state index is 12.6. The van der Waals surface area contributed by atoms with E-state index in [1.165, 1.54) is 4.68 Å². The molecular weight excluding hydrogens is 338 g/mol. The maximum Gasteiger partial charge on any atom is 0.274 e. The molecule has 0 radical (unpaired) electrons. The van der Waals surface area contributed by atoms with Gasteiger partial charge in [-0.05, 0) is 37.1 Å². The predicted octanol–water partition coefficient (Wildman–Crippen LogP) is 3.04. The van der Waals surface area contributed by atoms with E-state index in [2.05, 4.69) is 10.4 Å². The summed E-state index contributed by atoms with van der Waals surface area (Å²) in [6, 6.07) is 14.6. The van der Waals surface area contributed by atoms with Crippen LogP contribution in [0.25, 0.3) is 10.8 Å². The van der Waals surface area contributed by atoms with Crippen LogP contribution in [0.3, 0.4) is 0 Å². The van der Waals surface area contributed by atoms with Crippen molar-refractivity contribution in [3.8, 4) is 0 Å². The molecule has 5 nitrogen and oxygen atoms in total. The van der Waals surface area contributed by atoms with E-state index in [4.69, 9.17) is 11.6 Å². The molecule has 0 saturated carbocycles. The second-order valence-corrected chi connectivity index (χ2v) is 6.08. The Kier molecular flexibility index (Phi) is 5.14. The van der Waals surface area contributed by atoms with Crippen molar-refractivity contribution in [3.05, 3.63) is 75.2 Å². The summed E-state index contributed by atoms with van der Waals surface area (Å²) in [6.07, 6.45) is 0.689. The summed E-state index contributed by atoms with van der Waals surface area (Å²) < 4.78 is 1.32.